The van der Waals surface area contributed by atoms with E-state index in [-0.39, 0.29) is 0 Å². The Morgan fingerprint density at radius 1 is 1.19 bits per heavy atom. The molecule has 1 aromatic heterocycles. The Morgan fingerprint density at radius 3 is 2.85 bits per heavy atom. The van der Waals surface area contributed by atoms with Gasteiger partial charge in [-0.2, -0.15) is 0 Å². The second-order valence-corrected chi connectivity index (χ2v) is 6.31. The van der Waals surface area contributed by atoms with Gasteiger partial charge in [-0.05, 0) is 30.2 Å². The maximum absolute atomic E-state index is 11.2. The summed E-state index contributed by atoms with van der Waals surface area (Å²) in [5.41, 5.74) is 2.59. The van der Waals surface area contributed by atoms with Crippen LogP contribution in [-0.2, 0) is 17.7 Å². The first kappa shape index (κ1) is 16.7. The quantitative estimate of drug-likeness (QED) is 0.898. The Kier molecular flexibility index (Phi) is 4.68. The normalized spacial score (nSPS) is 17.2. The van der Waals surface area contributed by atoms with Crippen molar-refractivity contribution in [2.45, 2.75) is 13.0 Å². The summed E-state index contributed by atoms with van der Waals surface area (Å²) in [6.07, 6.45) is 1.26. The number of nitrogens with zero attached hydrogens (tertiary/aromatic N) is 4. The monoisotopic (exact) mass is 356 g/mol. The lowest BCUT2D eigenvalue weighted by molar-refractivity contribution is 0.0336. The summed E-state index contributed by atoms with van der Waals surface area (Å²) in [4.78, 5) is 23.3. The van der Waals surface area contributed by atoms with Gasteiger partial charge in [-0.25, -0.2) is 14.8 Å². The zero-order valence-electron chi connectivity index (χ0n) is 14.3. The first-order valence-electron chi connectivity index (χ1n) is 8.61. The molecule has 2 aromatic rings. The summed E-state index contributed by atoms with van der Waals surface area (Å²) in [6.45, 7) is 4.50. The average Bonchev–Trinajstić information content (AvgIpc) is 3.06. The highest BCUT2D eigenvalue weighted by Gasteiger charge is 2.24. The van der Waals surface area contributed by atoms with Gasteiger partial charge < -0.3 is 14.6 Å². The van der Waals surface area contributed by atoms with Crippen molar-refractivity contribution in [1.82, 2.24) is 14.9 Å². The molecule has 0 unspecified atom stereocenters. The van der Waals surface area contributed by atoms with Crippen LogP contribution in [0.4, 0.5) is 10.5 Å². The zero-order chi connectivity index (χ0) is 17.9. The van der Waals surface area contributed by atoms with E-state index in [4.69, 9.17) is 9.47 Å². The fourth-order valence-electron chi connectivity index (χ4n) is 3.27. The van der Waals surface area contributed by atoms with E-state index in [1.807, 2.05) is 12.1 Å². The van der Waals surface area contributed by atoms with Gasteiger partial charge in [0, 0.05) is 32.2 Å². The van der Waals surface area contributed by atoms with Crippen LogP contribution in [0.25, 0.3) is 0 Å². The Labute approximate surface area is 151 Å². The van der Waals surface area contributed by atoms with Crippen molar-refractivity contribution in [2.24, 2.45) is 0 Å². The van der Waals surface area contributed by atoms with Gasteiger partial charge in [-0.15, -0.1) is 0 Å². The minimum atomic E-state index is -0.930. The number of morpholine rings is 1. The lowest BCUT2D eigenvalue weighted by Gasteiger charge is -2.26. The molecule has 2 aliphatic rings. The van der Waals surface area contributed by atoms with Gasteiger partial charge in [0.1, 0.15) is 12.1 Å². The standard InChI is InChI=1S/C18H20N4O4/c23-18(24)22-4-3-13-9-15(1-2-16(13)22)26-17-10-14(19-12-20-17)11-21-5-7-25-8-6-21/h1-2,9-10,12H,3-8,11H2,(H,23,24). The summed E-state index contributed by atoms with van der Waals surface area (Å²) in [7, 11) is 0. The summed E-state index contributed by atoms with van der Waals surface area (Å²) in [5.74, 6) is 1.13. The third-order valence-electron chi connectivity index (χ3n) is 4.59. The average molecular weight is 356 g/mol. The van der Waals surface area contributed by atoms with Crippen LogP contribution in [0.5, 0.6) is 11.6 Å². The van der Waals surface area contributed by atoms with E-state index in [2.05, 4.69) is 14.9 Å². The van der Waals surface area contributed by atoms with Crippen molar-refractivity contribution in [1.29, 1.82) is 0 Å². The summed E-state index contributed by atoms with van der Waals surface area (Å²) in [6, 6.07) is 7.26. The van der Waals surface area contributed by atoms with E-state index in [9.17, 15) is 9.90 Å². The Morgan fingerprint density at radius 2 is 2.04 bits per heavy atom. The lowest BCUT2D eigenvalue weighted by Crippen LogP contribution is -2.35. The molecule has 1 aromatic carbocycles. The molecule has 1 fully saturated rings. The lowest BCUT2D eigenvalue weighted by atomic mass is 10.1. The van der Waals surface area contributed by atoms with Crippen molar-refractivity contribution in [2.75, 3.05) is 37.7 Å². The SMILES string of the molecule is O=C(O)N1CCc2cc(Oc3cc(CN4CCOCC4)ncn3)ccc21. The number of anilines is 1. The molecule has 1 amide bonds. The minimum Gasteiger partial charge on any atom is -0.465 e. The largest absolute Gasteiger partial charge is 0.465 e. The van der Waals surface area contributed by atoms with Gasteiger partial charge in [0.2, 0.25) is 5.88 Å². The van der Waals surface area contributed by atoms with Crippen molar-refractivity contribution < 1.29 is 19.4 Å². The van der Waals surface area contributed by atoms with E-state index >= 15 is 0 Å². The van der Waals surface area contributed by atoms with Gasteiger partial charge in [0.05, 0.1) is 24.6 Å². The third kappa shape index (κ3) is 3.61. The van der Waals surface area contributed by atoms with E-state index in [0.29, 0.717) is 24.6 Å². The number of carboxylic acid groups (broad SMARTS) is 1. The number of rotatable bonds is 4. The van der Waals surface area contributed by atoms with Crippen molar-refractivity contribution >= 4 is 11.8 Å². The molecule has 0 saturated carbocycles. The van der Waals surface area contributed by atoms with Crippen LogP contribution in [-0.4, -0.2) is 58.9 Å². The highest BCUT2D eigenvalue weighted by atomic mass is 16.5. The van der Waals surface area contributed by atoms with Crippen LogP contribution < -0.4 is 9.64 Å². The van der Waals surface area contributed by atoms with E-state index in [1.54, 1.807) is 12.1 Å². The van der Waals surface area contributed by atoms with Gasteiger partial charge in [-0.3, -0.25) is 9.80 Å². The van der Waals surface area contributed by atoms with Crippen LogP contribution in [0.3, 0.4) is 0 Å². The third-order valence-corrected chi connectivity index (χ3v) is 4.59. The topological polar surface area (TPSA) is 88.0 Å². The highest BCUT2D eigenvalue weighted by molar-refractivity contribution is 5.89. The molecule has 26 heavy (non-hydrogen) atoms. The molecule has 0 atom stereocenters. The Bertz CT molecular complexity index is 808. The minimum absolute atomic E-state index is 0.478. The smallest absolute Gasteiger partial charge is 0.411 e. The second-order valence-electron chi connectivity index (χ2n) is 6.31. The number of carbonyl (C=O) groups is 1. The highest BCUT2D eigenvalue weighted by Crippen LogP contribution is 2.32. The number of ether oxygens (including phenoxy) is 2. The second kappa shape index (κ2) is 7.27. The molecular weight excluding hydrogens is 336 g/mol. The van der Waals surface area contributed by atoms with Crippen LogP contribution in [0, 0.1) is 0 Å². The van der Waals surface area contributed by atoms with Gasteiger partial charge >= 0.3 is 6.09 Å². The van der Waals surface area contributed by atoms with E-state index in [0.717, 1.165) is 49.8 Å². The number of hydrogen-bond acceptors (Lipinski definition) is 6. The molecule has 8 heteroatoms. The molecule has 4 rings (SSSR count). The Hall–Kier alpha value is -2.71. The molecular formula is C18H20N4O4. The molecule has 0 radical (unpaired) electrons. The number of hydrogen-bond donors (Lipinski definition) is 1. The van der Waals surface area contributed by atoms with Gasteiger partial charge in [0.15, 0.2) is 0 Å². The van der Waals surface area contributed by atoms with Crippen LogP contribution >= 0.6 is 0 Å². The molecule has 1 N–H and O–H groups in total. The molecule has 1 saturated heterocycles. The first-order valence-corrected chi connectivity index (χ1v) is 8.61. The van der Waals surface area contributed by atoms with E-state index < -0.39 is 6.09 Å². The van der Waals surface area contributed by atoms with Gasteiger partial charge in [-0.1, -0.05) is 0 Å². The van der Waals surface area contributed by atoms with Crippen LogP contribution in [0.2, 0.25) is 0 Å². The number of fused-ring (bicyclic) bond motifs is 1. The summed E-state index contributed by atoms with van der Waals surface area (Å²) in [5, 5.41) is 9.20. The summed E-state index contributed by atoms with van der Waals surface area (Å²) >= 11 is 0. The van der Waals surface area contributed by atoms with Crippen molar-refractivity contribution in [3.8, 4) is 11.6 Å². The maximum Gasteiger partial charge on any atom is 0.411 e. The maximum atomic E-state index is 11.2. The van der Waals surface area contributed by atoms with Gasteiger partial charge in [0.25, 0.3) is 0 Å². The van der Waals surface area contributed by atoms with Crippen molar-refractivity contribution in [3.63, 3.8) is 0 Å². The molecule has 8 nitrogen and oxygen atoms in total. The predicted octanol–water partition coefficient (Wildman–Crippen LogP) is 2.14. The van der Waals surface area contributed by atoms with E-state index in [1.165, 1.54) is 11.2 Å². The number of benzene rings is 1. The molecule has 0 bridgehead atoms. The zero-order valence-corrected chi connectivity index (χ0v) is 14.3. The molecule has 3 heterocycles. The summed E-state index contributed by atoms with van der Waals surface area (Å²) < 4.78 is 11.2. The fraction of sp³-hybridized carbons (Fsp3) is 0.389. The first-order chi connectivity index (χ1) is 12.7. The van der Waals surface area contributed by atoms with Crippen LogP contribution in [0.15, 0.2) is 30.6 Å². The molecule has 136 valence electrons. The van der Waals surface area contributed by atoms with Crippen molar-refractivity contribution in [3.05, 3.63) is 41.9 Å². The number of amides is 1. The fourth-order valence-corrected chi connectivity index (χ4v) is 3.27. The predicted molar refractivity (Wildman–Crippen MR) is 93.7 cm³/mol. The van der Waals surface area contributed by atoms with Crippen LogP contribution in [0.1, 0.15) is 11.3 Å². The molecule has 2 aliphatic heterocycles. The molecule has 0 spiro atoms. The number of aromatic nitrogens is 2. The Balaban J connectivity index is 1.46. The molecule has 0 aliphatic carbocycles.